The number of H-pyrrole nitrogens is 1. The van der Waals surface area contributed by atoms with Crippen molar-refractivity contribution in [1.82, 2.24) is 15.2 Å². The van der Waals surface area contributed by atoms with Crippen molar-refractivity contribution in [1.29, 1.82) is 0 Å². The summed E-state index contributed by atoms with van der Waals surface area (Å²) < 4.78 is 38.7. The van der Waals surface area contributed by atoms with Crippen molar-refractivity contribution in [2.45, 2.75) is 25.4 Å². The Kier molecular flexibility index (Phi) is 5.49. The molecule has 1 aromatic heterocycles. The van der Waals surface area contributed by atoms with Gasteiger partial charge in [0.2, 0.25) is 5.95 Å². The molecular weight excluding hydrogens is 413 g/mol. The van der Waals surface area contributed by atoms with Crippen LogP contribution in [-0.2, 0) is 6.18 Å². The van der Waals surface area contributed by atoms with Gasteiger partial charge >= 0.3 is 6.18 Å². The molecule has 1 aliphatic rings. The van der Waals surface area contributed by atoms with Crippen molar-refractivity contribution in [2.75, 3.05) is 23.3 Å². The number of aromatic amines is 1. The van der Waals surface area contributed by atoms with Crippen LogP contribution in [0.1, 0.15) is 24.8 Å². The van der Waals surface area contributed by atoms with Crippen molar-refractivity contribution < 1.29 is 18.1 Å². The summed E-state index contributed by atoms with van der Waals surface area (Å²) in [7, 11) is 0. The molecule has 2 N–H and O–H groups in total. The van der Waals surface area contributed by atoms with Crippen LogP contribution >= 0.6 is 0 Å². The predicted octanol–water partition coefficient (Wildman–Crippen LogP) is 5.13. The summed E-state index contributed by atoms with van der Waals surface area (Å²) >= 11 is 0. The summed E-state index contributed by atoms with van der Waals surface area (Å²) in [5.41, 5.74) is 0.334. The van der Waals surface area contributed by atoms with Gasteiger partial charge in [-0.25, -0.2) is 0 Å². The molecule has 0 amide bonds. The topological polar surface area (TPSA) is 100.0 Å². The maximum absolute atomic E-state index is 12.9. The smallest absolute Gasteiger partial charge is 0.372 e. The third-order valence-electron chi connectivity index (χ3n) is 5.09. The molecule has 2 heterocycles. The minimum Gasteiger partial charge on any atom is -0.372 e. The molecule has 3 aromatic rings. The third kappa shape index (κ3) is 4.60. The Morgan fingerprint density at radius 1 is 1.06 bits per heavy atom. The van der Waals surface area contributed by atoms with E-state index < -0.39 is 16.7 Å². The Balaban J connectivity index is 1.63. The number of nitrogens with one attached hydrogen (secondary N) is 2. The second kappa shape index (κ2) is 8.25. The number of benzene rings is 2. The Morgan fingerprint density at radius 2 is 1.84 bits per heavy atom. The lowest BCUT2D eigenvalue weighted by Gasteiger charge is -2.29. The van der Waals surface area contributed by atoms with Gasteiger partial charge in [-0.15, -0.1) is 10.2 Å². The first-order valence-electron chi connectivity index (χ1n) is 9.72. The summed E-state index contributed by atoms with van der Waals surface area (Å²) in [4.78, 5) is 16.0. The van der Waals surface area contributed by atoms with Crippen LogP contribution in [0.5, 0.6) is 0 Å². The van der Waals surface area contributed by atoms with Gasteiger partial charge in [0, 0.05) is 30.5 Å². The number of nitrogens with zero attached hydrogens (tertiary/aromatic N) is 4. The fourth-order valence-electron chi connectivity index (χ4n) is 3.57. The fourth-order valence-corrected chi connectivity index (χ4v) is 3.57. The van der Waals surface area contributed by atoms with E-state index in [9.17, 15) is 23.3 Å². The number of aromatic nitrogens is 3. The number of hydrogen-bond donors (Lipinski definition) is 2. The Hall–Kier alpha value is -3.63. The number of hydrogen-bond acceptors (Lipinski definition) is 6. The molecule has 0 aliphatic carbocycles. The highest BCUT2D eigenvalue weighted by Gasteiger charge is 2.30. The average Bonchev–Trinajstić information content (AvgIpc) is 3.22. The van der Waals surface area contributed by atoms with Crippen LogP contribution in [0.2, 0.25) is 0 Å². The molecule has 4 rings (SSSR count). The van der Waals surface area contributed by atoms with Crippen LogP contribution in [0.4, 0.5) is 36.2 Å². The largest absolute Gasteiger partial charge is 0.416 e. The van der Waals surface area contributed by atoms with Gasteiger partial charge < -0.3 is 15.2 Å². The van der Waals surface area contributed by atoms with Crippen LogP contribution in [-0.4, -0.2) is 33.2 Å². The van der Waals surface area contributed by atoms with E-state index in [-0.39, 0.29) is 28.7 Å². The van der Waals surface area contributed by atoms with E-state index in [4.69, 9.17) is 0 Å². The Labute approximate surface area is 175 Å². The number of alkyl halides is 3. The minimum atomic E-state index is -4.47. The second-order valence-electron chi connectivity index (χ2n) is 7.23. The van der Waals surface area contributed by atoms with E-state index in [0.29, 0.717) is 0 Å². The molecule has 0 radical (unpaired) electrons. The Bertz CT molecular complexity index is 1090. The molecule has 8 nitrogen and oxygen atoms in total. The summed E-state index contributed by atoms with van der Waals surface area (Å²) in [5.74, 6) is 0.229. The first kappa shape index (κ1) is 20.6. The second-order valence-corrected chi connectivity index (χ2v) is 7.23. The number of rotatable bonds is 5. The zero-order valence-corrected chi connectivity index (χ0v) is 16.3. The average molecular weight is 432 g/mol. The summed E-state index contributed by atoms with van der Waals surface area (Å²) in [6.45, 7) is 1.74. The van der Waals surface area contributed by atoms with Crippen molar-refractivity contribution in [3.63, 3.8) is 0 Å². The molecular formula is C20H19F3N6O2. The van der Waals surface area contributed by atoms with Gasteiger partial charge in [-0.3, -0.25) is 10.1 Å². The number of nitro benzene ring substituents is 1. The number of anilines is 3. The van der Waals surface area contributed by atoms with Gasteiger partial charge in [-0.2, -0.15) is 13.2 Å². The first-order valence-corrected chi connectivity index (χ1v) is 9.72. The number of halogens is 3. The van der Waals surface area contributed by atoms with Crippen molar-refractivity contribution in [3.05, 3.63) is 58.1 Å². The summed E-state index contributed by atoms with van der Waals surface area (Å²) in [6.07, 6.45) is -1.21. The van der Waals surface area contributed by atoms with Crippen LogP contribution < -0.4 is 10.2 Å². The monoisotopic (exact) mass is 432 g/mol. The van der Waals surface area contributed by atoms with E-state index in [1.165, 1.54) is 18.2 Å². The maximum atomic E-state index is 12.9. The van der Waals surface area contributed by atoms with Gasteiger partial charge in [0.05, 0.1) is 16.1 Å². The number of nitro groups is 1. The van der Waals surface area contributed by atoms with Gasteiger partial charge in [0.15, 0.2) is 5.82 Å². The maximum Gasteiger partial charge on any atom is 0.416 e. The van der Waals surface area contributed by atoms with Crippen LogP contribution in [0.25, 0.3) is 11.4 Å². The summed E-state index contributed by atoms with van der Waals surface area (Å²) in [5, 5.41) is 22.1. The van der Waals surface area contributed by atoms with Gasteiger partial charge in [0.25, 0.3) is 5.69 Å². The normalized spacial score (nSPS) is 14.5. The number of piperidine rings is 1. The zero-order chi connectivity index (χ0) is 22.0. The fraction of sp³-hybridized carbons (Fsp3) is 0.300. The molecule has 0 saturated carbocycles. The van der Waals surface area contributed by atoms with Crippen LogP contribution in [0.3, 0.4) is 0 Å². The summed E-state index contributed by atoms with van der Waals surface area (Å²) in [6, 6.07) is 9.48. The van der Waals surface area contributed by atoms with E-state index in [1.54, 1.807) is 12.1 Å². The minimum absolute atomic E-state index is 0.0759. The third-order valence-corrected chi connectivity index (χ3v) is 5.09. The molecule has 31 heavy (non-hydrogen) atoms. The Morgan fingerprint density at radius 3 is 2.55 bits per heavy atom. The van der Waals surface area contributed by atoms with Crippen molar-refractivity contribution >= 4 is 23.0 Å². The van der Waals surface area contributed by atoms with Gasteiger partial charge in [0.1, 0.15) is 0 Å². The van der Waals surface area contributed by atoms with E-state index in [2.05, 4.69) is 25.4 Å². The molecule has 0 atom stereocenters. The SMILES string of the molecule is O=[N+]([O-])c1ccc(N2CCCCC2)cc1-c1nnc(Nc2cccc(C(F)(F)F)c2)[nH]1. The molecule has 1 saturated heterocycles. The van der Waals surface area contributed by atoms with Crippen molar-refractivity contribution in [3.8, 4) is 11.4 Å². The van der Waals surface area contributed by atoms with Crippen LogP contribution in [0, 0.1) is 10.1 Å². The highest BCUT2D eigenvalue weighted by molar-refractivity contribution is 5.74. The predicted molar refractivity (Wildman–Crippen MR) is 109 cm³/mol. The first-order chi connectivity index (χ1) is 14.8. The standard InChI is InChI=1S/C20H19F3N6O2/c21-20(22,23)13-5-4-6-14(11-13)24-19-25-18(26-27-19)16-12-15(7-8-17(16)29(30)31)28-9-2-1-3-10-28/h4-8,11-12H,1-3,9-10H2,(H2,24,25,26,27). The molecule has 0 bridgehead atoms. The molecule has 2 aromatic carbocycles. The quantitative estimate of drug-likeness (QED) is 0.428. The van der Waals surface area contributed by atoms with Gasteiger partial charge in [-0.1, -0.05) is 6.07 Å². The molecule has 162 valence electrons. The van der Waals surface area contributed by atoms with E-state index in [0.717, 1.165) is 50.2 Å². The highest BCUT2D eigenvalue weighted by atomic mass is 19.4. The van der Waals surface area contributed by atoms with Crippen molar-refractivity contribution in [2.24, 2.45) is 0 Å². The molecule has 1 fully saturated rings. The molecule has 0 unspecified atom stereocenters. The van der Waals surface area contributed by atoms with Gasteiger partial charge in [-0.05, 0) is 49.6 Å². The zero-order valence-electron chi connectivity index (χ0n) is 16.3. The van der Waals surface area contributed by atoms with E-state index in [1.807, 2.05) is 0 Å². The highest BCUT2D eigenvalue weighted by Crippen LogP contribution is 2.34. The molecule has 11 heteroatoms. The van der Waals surface area contributed by atoms with E-state index >= 15 is 0 Å². The van der Waals surface area contributed by atoms with Crippen LogP contribution in [0.15, 0.2) is 42.5 Å². The lowest BCUT2D eigenvalue weighted by Crippen LogP contribution is -2.29. The molecule has 1 aliphatic heterocycles. The molecule has 0 spiro atoms. The lowest BCUT2D eigenvalue weighted by molar-refractivity contribution is -0.384. The lowest BCUT2D eigenvalue weighted by atomic mass is 10.1.